The molecule has 1 atom stereocenters. The van der Waals surface area contributed by atoms with Crippen LogP contribution >= 0.6 is 0 Å². The van der Waals surface area contributed by atoms with E-state index in [2.05, 4.69) is 32.2 Å². The van der Waals surface area contributed by atoms with Crippen LogP contribution in [0.25, 0.3) is 0 Å². The van der Waals surface area contributed by atoms with Crippen molar-refractivity contribution in [2.24, 2.45) is 5.73 Å². The van der Waals surface area contributed by atoms with Gasteiger partial charge in [0.25, 0.3) is 0 Å². The van der Waals surface area contributed by atoms with Crippen LogP contribution in [0.4, 0.5) is 5.69 Å². The van der Waals surface area contributed by atoms with Gasteiger partial charge in [0.2, 0.25) is 5.91 Å². The van der Waals surface area contributed by atoms with Crippen LogP contribution in [-0.4, -0.2) is 12.5 Å². The summed E-state index contributed by atoms with van der Waals surface area (Å²) in [7, 11) is 0. The molecule has 0 saturated carbocycles. The van der Waals surface area contributed by atoms with E-state index in [9.17, 15) is 4.79 Å². The summed E-state index contributed by atoms with van der Waals surface area (Å²) in [6.07, 6.45) is 2.77. The van der Waals surface area contributed by atoms with Crippen LogP contribution in [0.1, 0.15) is 47.9 Å². The van der Waals surface area contributed by atoms with E-state index in [4.69, 9.17) is 5.73 Å². The van der Waals surface area contributed by atoms with Crippen molar-refractivity contribution in [3.8, 4) is 0 Å². The van der Waals surface area contributed by atoms with Gasteiger partial charge in [-0.05, 0) is 61.9 Å². The van der Waals surface area contributed by atoms with E-state index >= 15 is 0 Å². The maximum Gasteiger partial charge on any atom is 0.232 e. The zero-order chi connectivity index (χ0) is 13.3. The van der Waals surface area contributed by atoms with Crippen molar-refractivity contribution in [3.63, 3.8) is 0 Å². The number of hydrogen-bond acceptors (Lipinski definition) is 2. The first-order valence-corrected chi connectivity index (χ1v) is 6.74. The molecule has 18 heavy (non-hydrogen) atoms. The third kappa shape index (κ3) is 2.03. The number of carbonyl (C=O) groups excluding carboxylic acids is 1. The second-order valence-corrected chi connectivity index (χ2v) is 5.10. The number of rotatable bonds is 4. The Labute approximate surface area is 109 Å². The van der Waals surface area contributed by atoms with Crippen molar-refractivity contribution in [1.82, 2.24) is 0 Å². The predicted molar refractivity (Wildman–Crippen MR) is 75.0 cm³/mol. The first kappa shape index (κ1) is 13.1. The Bertz CT molecular complexity index is 480. The maximum absolute atomic E-state index is 12.0. The molecular weight excluding hydrogens is 224 g/mol. The number of aryl methyl sites for hydroxylation is 1. The molecule has 1 aromatic rings. The Morgan fingerprint density at radius 2 is 2.11 bits per heavy atom. The first-order valence-electron chi connectivity index (χ1n) is 6.74. The third-order valence-electron chi connectivity index (χ3n) is 3.99. The molecule has 3 nitrogen and oxygen atoms in total. The van der Waals surface area contributed by atoms with Crippen LogP contribution in [0.3, 0.4) is 0 Å². The summed E-state index contributed by atoms with van der Waals surface area (Å²) in [5, 5.41) is 3.06. The quantitative estimate of drug-likeness (QED) is 0.858. The minimum absolute atomic E-state index is 0.0240. The zero-order valence-electron chi connectivity index (χ0n) is 11.5. The summed E-state index contributed by atoms with van der Waals surface area (Å²) < 4.78 is 0. The topological polar surface area (TPSA) is 55.1 Å². The Morgan fingerprint density at radius 1 is 1.39 bits per heavy atom. The number of nitrogens with two attached hydrogens (primary N) is 1. The van der Waals surface area contributed by atoms with Gasteiger partial charge in [0, 0.05) is 5.69 Å². The van der Waals surface area contributed by atoms with Crippen molar-refractivity contribution in [2.75, 3.05) is 11.9 Å². The zero-order valence-corrected chi connectivity index (χ0v) is 11.5. The van der Waals surface area contributed by atoms with Gasteiger partial charge in [0.1, 0.15) is 0 Å². The van der Waals surface area contributed by atoms with Gasteiger partial charge in [0.05, 0.1) is 5.92 Å². The fraction of sp³-hybridized carbons (Fsp3) is 0.533. The molecule has 1 aromatic carbocycles. The van der Waals surface area contributed by atoms with Crippen molar-refractivity contribution in [2.45, 2.75) is 46.0 Å². The van der Waals surface area contributed by atoms with Gasteiger partial charge >= 0.3 is 0 Å². The number of benzene rings is 1. The molecule has 0 radical (unpaired) electrons. The Balaban J connectivity index is 2.51. The van der Waals surface area contributed by atoms with Crippen molar-refractivity contribution in [1.29, 1.82) is 0 Å². The molecule has 1 unspecified atom stereocenters. The van der Waals surface area contributed by atoms with E-state index < -0.39 is 0 Å². The highest BCUT2D eigenvalue weighted by Gasteiger charge is 2.31. The number of anilines is 1. The third-order valence-corrected chi connectivity index (χ3v) is 3.99. The average Bonchev–Trinajstić information content (AvgIpc) is 2.65. The van der Waals surface area contributed by atoms with E-state index in [0.29, 0.717) is 6.54 Å². The molecule has 1 aliphatic rings. The van der Waals surface area contributed by atoms with Crippen molar-refractivity contribution >= 4 is 11.6 Å². The largest absolute Gasteiger partial charge is 0.330 e. The molecule has 0 bridgehead atoms. The lowest BCUT2D eigenvalue weighted by molar-refractivity contribution is -0.117. The maximum atomic E-state index is 12.0. The Morgan fingerprint density at radius 3 is 2.72 bits per heavy atom. The van der Waals surface area contributed by atoms with Crippen molar-refractivity contribution < 1.29 is 4.79 Å². The second-order valence-electron chi connectivity index (χ2n) is 5.10. The molecule has 1 aliphatic heterocycles. The lowest BCUT2D eigenvalue weighted by Crippen LogP contribution is -2.11. The van der Waals surface area contributed by atoms with E-state index in [1.54, 1.807) is 0 Å². The lowest BCUT2D eigenvalue weighted by atomic mass is 9.90. The number of fused-ring (bicyclic) bond motifs is 1. The van der Waals surface area contributed by atoms with Crippen LogP contribution in [0, 0.1) is 13.8 Å². The van der Waals surface area contributed by atoms with E-state index in [1.165, 1.54) is 22.3 Å². The fourth-order valence-corrected chi connectivity index (χ4v) is 2.78. The van der Waals surface area contributed by atoms with Gasteiger partial charge in [-0.2, -0.15) is 0 Å². The molecule has 0 aliphatic carbocycles. The summed E-state index contributed by atoms with van der Waals surface area (Å²) >= 11 is 0. The highest BCUT2D eigenvalue weighted by molar-refractivity contribution is 6.04. The van der Waals surface area contributed by atoms with Crippen LogP contribution in [0.5, 0.6) is 0 Å². The lowest BCUT2D eigenvalue weighted by Gasteiger charge is -2.15. The highest BCUT2D eigenvalue weighted by Crippen LogP contribution is 2.40. The van der Waals surface area contributed by atoms with Gasteiger partial charge in [-0.25, -0.2) is 0 Å². The minimum Gasteiger partial charge on any atom is -0.330 e. The summed E-state index contributed by atoms with van der Waals surface area (Å²) in [4.78, 5) is 12.0. The van der Waals surface area contributed by atoms with E-state index in [1.807, 2.05) is 0 Å². The molecule has 1 heterocycles. The second kappa shape index (κ2) is 5.11. The fourth-order valence-electron chi connectivity index (χ4n) is 2.78. The van der Waals surface area contributed by atoms with Gasteiger partial charge < -0.3 is 11.1 Å². The van der Waals surface area contributed by atoms with Gasteiger partial charge in [-0.3, -0.25) is 4.79 Å². The molecule has 0 aromatic heterocycles. The van der Waals surface area contributed by atoms with E-state index in [-0.39, 0.29) is 11.8 Å². The number of hydrogen-bond donors (Lipinski definition) is 2. The summed E-state index contributed by atoms with van der Waals surface area (Å²) in [6.45, 7) is 7.01. The molecule has 98 valence electrons. The Hall–Kier alpha value is -1.35. The summed E-state index contributed by atoms with van der Waals surface area (Å²) in [5.74, 6) is 0.169. The molecular formula is C15H22N2O. The molecule has 2 rings (SSSR count). The number of carbonyl (C=O) groups is 1. The molecule has 3 heteroatoms. The van der Waals surface area contributed by atoms with Crippen LogP contribution in [0.15, 0.2) is 6.07 Å². The molecule has 3 N–H and O–H groups in total. The van der Waals surface area contributed by atoms with Gasteiger partial charge in [-0.15, -0.1) is 0 Å². The normalized spacial score (nSPS) is 17.8. The van der Waals surface area contributed by atoms with E-state index in [0.717, 1.165) is 24.9 Å². The smallest absolute Gasteiger partial charge is 0.232 e. The summed E-state index contributed by atoms with van der Waals surface area (Å²) in [5.41, 5.74) is 11.7. The van der Waals surface area contributed by atoms with Crippen molar-refractivity contribution in [3.05, 3.63) is 28.3 Å². The molecule has 0 saturated heterocycles. The molecule has 1 amide bonds. The average molecular weight is 246 g/mol. The minimum atomic E-state index is 0.0240. The molecule has 0 fully saturated rings. The number of nitrogens with one attached hydrogen (secondary N) is 1. The molecule has 0 spiro atoms. The van der Waals surface area contributed by atoms with Gasteiger partial charge in [0.15, 0.2) is 0 Å². The van der Waals surface area contributed by atoms with Gasteiger partial charge in [-0.1, -0.05) is 13.0 Å². The summed E-state index contributed by atoms with van der Waals surface area (Å²) in [6, 6.07) is 2.17. The van der Waals surface area contributed by atoms with Crippen LogP contribution in [-0.2, 0) is 11.2 Å². The highest BCUT2D eigenvalue weighted by atomic mass is 16.2. The monoisotopic (exact) mass is 246 g/mol. The predicted octanol–water partition coefficient (Wildman–Crippen LogP) is 2.64. The number of amides is 1. The van der Waals surface area contributed by atoms with Crippen LogP contribution in [0.2, 0.25) is 0 Å². The Kier molecular flexibility index (Phi) is 3.71. The standard InChI is InChI=1S/C15H22N2O/c1-4-11-13-8-9(2)10(3)12(6-5-7-16)14(13)17-15(11)18/h8,11H,4-7,16H2,1-3H3,(H,17,18). The SMILES string of the molecule is CCC1C(=O)Nc2c1cc(C)c(C)c2CCCN. The van der Waals surface area contributed by atoms with Crippen LogP contribution < -0.4 is 11.1 Å². The first-order chi connectivity index (χ1) is 8.60.